The first-order chi connectivity index (χ1) is 12.9. The van der Waals surface area contributed by atoms with Crippen molar-refractivity contribution in [2.45, 2.75) is 37.8 Å². The zero-order chi connectivity index (χ0) is 19.4. The van der Waals surface area contributed by atoms with Crippen LogP contribution in [0.3, 0.4) is 0 Å². The molecule has 0 bridgehead atoms. The van der Waals surface area contributed by atoms with Crippen molar-refractivity contribution in [2.75, 3.05) is 24.3 Å². The van der Waals surface area contributed by atoms with Crippen LogP contribution in [0.15, 0.2) is 30.5 Å². The molecule has 1 amide bonds. The predicted molar refractivity (Wildman–Crippen MR) is 112 cm³/mol. The van der Waals surface area contributed by atoms with Crippen molar-refractivity contribution in [3.63, 3.8) is 0 Å². The van der Waals surface area contributed by atoms with Gasteiger partial charge in [0.2, 0.25) is 5.95 Å². The molecule has 1 aromatic carbocycles. The largest absolute Gasteiger partial charge is 0.367 e. The lowest BCUT2D eigenvalue weighted by Gasteiger charge is -2.30. The summed E-state index contributed by atoms with van der Waals surface area (Å²) in [5, 5.41) is 6.41. The van der Waals surface area contributed by atoms with Crippen LogP contribution in [0.2, 0.25) is 5.02 Å². The van der Waals surface area contributed by atoms with E-state index < -0.39 is 5.82 Å². The lowest BCUT2D eigenvalue weighted by molar-refractivity contribution is 0.0926. The van der Waals surface area contributed by atoms with Gasteiger partial charge in [0.15, 0.2) is 0 Å². The van der Waals surface area contributed by atoms with Crippen molar-refractivity contribution in [1.82, 2.24) is 15.3 Å². The van der Waals surface area contributed by atoms with Gasteiger partial charge >= 0.3 is 0 Å². The SMILES string of the molecule is CN(C)c1nccc(NC2CCC(NC(=O)c3ccc(F)c(Cl)c3)CC2)n1.Cl. The Kier molecular flexibility index (Phi) is 7.83. The van der Waals surface area contributed by atoms with Gasteiger partial charge in [0.1, 0.15) is 11.6 Å². The molecule has 0 spiro atoms. The molecule has 0 unspecified atom stereocenters. The number of nitrogens with one attached hydrogen (secondary N) is 2. The molecule has 1 aromatic heterocycles. The van der Waals surface area contributed by atoms with E-state index in [1.807, 2.05) is 25.1 Å². The number of anilines is 2. The van der Waals surface area contributed by atoms with E-state index in [0.717, 1.165) is 31.5 Å². The standard InChI is InChI=1S/C19H23ClFN5O.ClH/c1-26(2)19-22-10-9-17(25-19)23-13-4-6-14(7-5-13)24-18(27)12-3-8-16(21)15(20)11-12;/h3,8-11,13-14H,4-7H2,1-2H3,(H,24,27)(H,22,23,25);1H. The summed E-state index contributed by atoms with van der Waals surface area (Å²) in [6, 6.07) is 6.28. The van der Waals surface area contributed by atoms with Crippen LogP contribution >= 0.6 is 24.0 Å². The molecule has 1 saturated carbocycles. The first-order valence-electron chi connectivity index (χ1n) is 8.95. The van der Waals surface area contributed by atoms with Crippen LogP contribution in [0, 0.1) is 5.82 Å². The van der Waals surface area contributed by atoms with Crippen molar-refractivity contribution in [1.29, 1.82) is 0 Å². The summed E-state index contributed by atoms with van der Waals surface area (Å²) < 4.78 is 13.2. The highest BCUT2D eigenvalue weighted by Crippen LogP contribution is 2.23. The Labute approximate surface area is 175 Å². The fourth-order valence-electron chi connectivity index (χ4n) is 3.14. The Balaban J connectivity index is 0.00000280. The van der Waals surface area contributed by atoms with E-state index in [-0.39, 0.29) is 29.4 Å². The van der Waals surface area contributed by atoms with E-state index in [4.69, 9.17) is 11.6 Å². The Morgan fingerprint density at radius 1 is 1.18 bits per heavy atom. The van der Waals surface area contributed by atoms with Crippen LogP contribution in [0.25, 0.3) is 0 Å². The van der Waals surface area contributed by atoms with E-state index >= 15 is 0 Å². The summed E-state index contributed by atoms with van der Waals surface area (Å²) >= 11 is 5.75. The molecule has 0 aliphatic heterocycles. The van der Waals surface area contributed by atoms with Crippen LogP contribution in [0.5, 0.6) is 0 Å². The molecule has 0 radical (unpaired) electrons. The summed E-state index contributed by atoms with van der Waals surface area (Å²) in [6.07, 6.45) is 5.32. The van der Waals surface area contributed by atoms with Gasteiger partial charge in [0, 0.05) is 37.9 Å². The number of carbonyl (C=O) groups excluding carboxylic acids is 1. The number of hydrogen-bond donors (Lipinski definition) is 2. The Hall–Kier alpha value is -2.12. The number of aromatic nitrogens is 2. The Morgan fingerprint density at radius 3 is 2.50 bits per heavy atom. The lowest BCUT2D eigenvalue weighted by Crippen LogP contribution is -2.40. The molecule has 2 aromatic rings. The molecular formula is C19H24Cl2FN5O. The van der Waals surface area contributed by atoms with Gasteiger partial charge in [-0.25, -0.2) is 9.37 Å². The number of hydrogen-bond acceptors (Lipinski definition) is 5. The maximum absolute atomic E-state index is 13.2. The molecule has 0 saturated heterocycles. The molecule has 0 atom stereocenters. The van der Waals surface area contributed by atoms with Crippen molar-refractivity contribution in [2.24, 2.45) is 0 Å². The second kappa shape index (κ2) is 9.89. The summed E-state index contributed by atoms with van der Waals surface area (Å²) in [7, 11) is 3.81. The molecule has 3 rings (SSSR count). The average Bonchev–Trinajstić information content (AvgIpc) is 2.65. The summed E-state index contributed by atoms with van der Waals surface area (Å²) in [6.45, 7) is 0. The van der Waals surface area contributed by atoms with Gasteiger partial charge in [0.05, 0.1) is 5.02 Å². The minimum Gasteiger partial charge on any atom is -0.367 e. The topological polar surface area (TPSA) is 70.2 Å². The van der Waals surface area contributed by atoms with E-state index in [2.05, 4.69) is 20.6 Å². The molecule has 1 fully saturated rings. The summed E-state index contributed by atoms with van der Waals surface area (Å²) in [5.74, 6) is 0.725. The third-order valence-corrected chi connectivity index (χ3v) is 4.93. The van der Waals surface area contributed by atoms with E-state index in [0.29, 0.717) is 17.6 Å². The van der Waals surface area contributed by atoms with E-state index in [1.54, 1.807) is 6.20 Å². The molecule has 1 heterocycles. The highest BCUT2D eigenvalue weighted by Gasteiger charge is 2.23. The molecule has 2 N–H and O–H groups in total. The van der Waals surface area contributed by atoms with Gasteiger partial charge in [-0.15, -0.1) is 12.4 Å². The van der Waals surface area contributed by atoms with Crippen LogP contribution < -0.4 is 15.5 Å². The maximum Gasteiger partial charge on any atom is 0.251 e. The normalized spacial score (nSPS) is 18.7. The lowest BCUT2D eigenvalue weighted by atomic mass is 9.91. The highest BCUT2D eigenvalue weighted by molar-refractivity contribution is 6.31. The molecule has 6 nitrogen and oxygen atoms in total. The minimum absolute atomic E-state index is 0. The van der Waals surface area contributed by atoms with Gasteiger partial charge < -0.3 is 15.5 Å². The second-order valence-electron chi connectivity index (χ2n) is 6.93. The Morgan fingerprint density at radius 2 is 1.86 bits per heavy atom. The van der Waals surface area contributed by atoms with Gasteiger partial charge in [-0.3, -0.25) is 4.79 Å². The minimum atomic E-state index is -0.526. The smallest absolute Gasteiger partial charge is 0.251 e. The zero-order valence-electron chi connectivity index (χ0n) is 15.8. The zero-order valence-corrected chi connectivity index (χ0v) is 17.4. The van der Waals surface area contributed by atoms with Crippen molar-refractivity contribution >= 4 is 41.7 Å². The predicted octanol–water partition coefficient (Wildman–Crippen LogP) is 3.91. The van der Waals surface area contributed by atoms with E-state index in [9.17, 15) is 9.18 Å². The van der Waals surface area contributed by atoms with Gasteiger partial charge in [-0.1, -0.05) is 11.6 Å². The van der Waals surface area contributed by atoms with E-state index in [1.165, 1.54) is 18.2 Å². The number of nitrogens with zero attached hydrogens (tertiary/aromatic N) is 3. The number of rotatable bonds is 5. The van der Waals surface area contributed by atoms with Crippen molar-refractivity contribution in [3.05, 3.63) is 46.9 Å². The number of amides is 1. The average molecular weight is 428 g/mol. The fourth-order valence-corrected chi connectivity index (χ4v) is 3.32. The van der Waals surface area contributed by atoms with Crippen molar-refractivity contribution in [3.8, 4) is 0 Å². The van der Waals surface area contributed by atoms with Crippen LogP contribution in [-0.4, -0.2) is 42.1 Å². The van der Waals surface area contributed by atoms with Gasteiger partial charge in [0.25, 0.3) is 5.91 Å². The number of carbonyl (C=O) groups is 1. The molecule has 28 heavy (non-hydrogen) atoms. The Bertz CT molecular complexity index is 813. The molecule has 152 valence electrons. The van der Waals surface area contributed by atoms with Crippen LogP contribution in [0.4, 0.5) is 16.2 Å². The fraction of sp³-hybridized carbons (Fsp3) is 0.421. The van der Waals surface area contributed by atoms with Crippen molar-refractivity contribution < 1.29 is 9.18 Å². The molecule has 1 aliphatic carbocycles. The number of benzene rings is 1. The first kappa shape index (κ1) is 22.2. The third kappa shape index (κ3) is 5.69. The molecule has 1 aliphatic rings. The summed E-state index contributed by atoms with van der Waals surface area (Å²) in [4.78, 5) is 22.9. The maximum atomic E-state index is 13.2. The quantitative estimate of drug-likeness (QED) is 0.756. The molecular weight excluding hydrogens is 404 g/mol. The van der Waals surface area contributed by atoms with Crippen LogP contribution in [0.1, 0.15) is 36.0 Å². The monoisotopic (exact) mass is 427 g/mol. The number of halogens is 3. The summed E-state index contributed by atoms with van der Waals surface area (Å²) in [5.41, 5.74) is 0.374. The highest BCUT2D eigenvalue weighted by atomic mass is 35.5. The molecule has 9 heteroatoms. The third-order valence-electron chi connectivity index (χ3n) is 4.64. The van der Waals surface area contributed by atoms with Gasteiger partial charge in [-0.2, -0.15) is 4.98 Å². The first-order valence-corrected chi connectivity index (χ1v) is 9.33. The second-order valence-corrected chi connectivity index (χ2v) is 7.34. The van der Waals surface area contributed by atoms with Gasteiger partial charge in [-0.05, 0) is 49.9 Å². The van der Waals surface area contributed by atoms with Crippen LogP contribution in [-0.2, 0) is 0 Å².